The van der Waals surface area contributed by atoms with Crippen LogP contribution >= 0.6 is 0 Å². The fourth-order valence-corrected chi connectivity index (χ4v) is 2.46. The Hall–Kier alpha value is -1.81. The fraction of sp³-hybridized carbons (Fsp3) is 0.583. The smallest absolute Gasteiger partial charge is 0.167 e. The predicted octanol–water partition coefficient (Wildman–Crippen LogP) is -1.50. The van der Waals surface area contributed by atoms with Gasteiger partial charge in [0, 0.05) is 14.1 Å². The van der Waals surface area contributed by atoms with Crippen molar-refractivity contribution < 1.29 is 20.1 Å². The van der Waals surface area contributed by atoms with Gasteiger partial charge in [0.05, 0.1) is 12.9 Å². The van der Waals surface area contributed by atoms with Gasteiger partial charge < -0.3 is 25.0 Å². The van der Waals surface area contributed by atoms with Crippen molar-refractivity contribution in [1.29, 1.82) is 0 Å². The van der Waals surface area contributed by atoms with Crippen LogP contribution in [-0.4, -0.2) is 73.9 Å². The van der Waals surface area contributed by atoms with Crippen LogP contribution in [0.2, 0.25) is 0 Å². The lowest BCUT2D eigenvalue weighted by molar-refractivity contribution is -0.0511. The maximum Gasteiger partial charge on any atom is 0.167 e. The summed E-state index contributed by atoms with van der Waals surface area (Å²) >= 11 is 0. The number of rotatable bonds is 3. The Labute approximate surface area is 120 Å². The summed E-state index contributed by atoms with van der Waals surface area (Å²) in [6.07, 6.45) is -1.14. The summed E-state index contributed by atoms with van der Waals surface area (Å²) in [7, 11) is 3.68. The van der Waals surface area contributed by atoms with E-state index in [0.29, 0.717) is 17.0 Å². The van der Waals surface area contributed by atoms with E-state index in [1.807, 2.05) is 14.1 Å². The lowest BCUT2D eigenvalue weighted by Crippen LogP contribution is -2.33. The number of anilines is 1. The Morgan fingerprint density at radius 3 is 2.62 bits per heavy atom. The van der Waals surface area contributed by atoms with Crippen molar-refractivity contribution in [1.82, 2.24) is 19.5 Å². The molecule has 0 amide bonds. The van der Waals surface area contributed by atoms with Gasteiger partial charge in [0.2, 0.25) is 0 Å². The highest BCUT2D eigenvalue weighted by Gasteiger charge is 2.44. The zero-order chi connectivity index (χ0) is 15.1. The topological polar surface area (TPSA) is 117 Å². The molecule has 0 spiro atoms. The molecule has 9 heteroatoms. The van der Waals surface area contributed by atoms with Crippen LogP contribution in [0.3, 0.4) is 0 Å². The molecule has 2 aromatic heterocycles. The van der Waals surface area contributed by atoms with Crippen LogP contribution in [0.25, 0.3) is 11.2 Å². The van der Waals surface area contributed by atoms with Gasteiger partial charge in [0.1, 0.15) is 24.6 Å². The first-order chi connectivity index (χ1) is 10.0. The Kier molecular flexibility index (Phi) is 3.49. The van der Waals surface area contributed by atoms with E-state index < -0.39 is 24.5 Å². The molecule has 0 radical (unpaired) electrons. The maximum absolute atomic E-state index is 10.1. The van der Waals surface area contributed by atoms with Crippen LogP contribution in [0.1, 0.15) is 6.23 Å². The molecule has 1 aliphatic rings. The van der Waals surface area contributed by atoms with Gasteiger partial charge in [-0.1, -0.05) is 0 Å². The highest BCUT2D eigenvalue weighted by atomic mass is 16.6. The number of fused-ring (bicyclic) bond motifs is 1. The largest absolute Gasteiger partial charge is 0.394 e. The number of aliphatic hydroxyl groups excluding tert-OH is 3. The van der Waals surface area contributed by atoms with Gasteiger partial charge >= 0.3 is 0 Å². The summed E-state index contributed by atoms with van der Waals surface area (Å²) in [6, 6.07) is 0. The molecular weight excluding hydrogens is 278 g/mol. The van der Waals surface area contributed by atoms with Crippen molar-refractivity contribution in [2.24, 2.45) is 0 Å². The highest BCUT2D eigenvalue weighted by molar-refractivity contribution is 5.83. The van der Waals surface area contributed by atoms with Crippen LogP contribution in [0.4, 0.5) is 5.82 Å². The first kappa shape index (κ1) is 14.1. The third-order valence-electron chi connectivity index (χ3n) is 3.55. The standard InChI is InChI=1S/C12H17N5O4/c1-16(2)10-7-11(14-4-13-10)17(5-15-7)12-9(20)8(19)6(3-18)21-12/h4-6,8-9,12,18-20H,3H2,1-2H3/t6-,8+,9+,12-/m0/s1. The molecule has 3 rings (SSSR count). The molecule has 0 saturated carbocycles. The van der Waals surface area contributed by atoms with E-state index in [1.54, 1.807) is 4.90 Å². The van der Waals surface area contributed by atoms with E-state index in [0.717, 1.165) is 0 Å². The molecule has 114 valence electrons. The average Bonchev–Trinajstić information content (AvgIpc) is 3.01. The van der Waals surface area contributed by atoms with Crippen molar-refractivity contribution in [3.63, 3.8) is 0 Å². The highest BCUT2D eigenvalue weighted by Crippen LogP contribution is 2.32. The van der Waals surface area contributed by atoms with Gasteiger partial charge in [-0.15, -0.1) is 0 Å². The fourth-order valence-electron chi connectivity index (χ4n) is 2.46. The van der Waals surface area contributed by atoms with Crippen molar-refractivity contribution in [2.75, 3.05) is 25.6 Å². The zero-order valence-electron chi connectivity index (χ0n) is 11.7. The van der Waals surface area contributed by atoms with Crippen LogP contribution < -0.4 is 4.90 Å². The second kappa shape index (κ2) is 5.19. The van der Waals surface area contributed by atoms with E-state index >= 15 is 0 Å². The van der Waals surface area contributed by atoms with Gasteiger partial charge in [-0.05, 0) is 0 Å². The SMILES string of the molecule is CN(C)c1ncnc2c1ncn2[C@H]1O[C@@H](CO)[C@@H](O)[C@H]1O. The molecule has 3 N–H and O–H groups in total. The molecule has 9 nitrogen and oxygen atoms in total. The lowest BCUT2D eigenvalue weighted by Gasteiger charge is -2.17. The van der Waals surface area contributed by atoms with Crippen LogP contribution in [-0.2, 0) is 4.74 Å². The third kappa shape index (κ3) is 2.14. The first-order valence-electron chi connectivity index (χ1n) is 6.52. The first-order valence-corrected chi connectivity index (χ1v) is 6.52. The van der Waals surface area contributed by atoms with E-state index in [4.69, 9.17) is 9.84 Å². The van der Waals surface area contributed by atoms with Crippen molar-refractivity contribution in [2.45, 2.75) is 24.5 Å². The summed E-state index contributed by atoms with van der Waals surface area (Å²) in [6.45, 7) is -0.376. The summed E-state index contributed by atoms with van der Waals surface area (Å²) in [5.74, 6) is 0.644. The molecule has 0 unspecified atom stereocenters. The molecule has 0 aliphatic carbocycles. The van der Waals surface area contributed by atoms with E-state index in [1.165, 1.54) is 17.2 Å². The molecule has 2 aromatic rings. The second-order valence-corrected chi connectivity index (χ2v) is 5.14. The van der Waals surface area contributed by atoms with Gasteiger partial charge in [-0.2, -0.15) is 0 Å². The van der Waals surface area contributed by atoms with Crippen LogP contribution in [0.15, 0.2) is 12.7 Å². The second-order valence-electron chi connectivity index (χ2n) is 5.14. The minimum Gasteiger partial charge on any atom is -0.394 e. The number of hydrogen-bond donors (Lipinski definition) is 3. The summed E-state index contributed by atoms with van der Waals surface area (Å²) < 4.78 is 7.02. The monoisotopic (exact) mass is 295 g/mol. The Morgan fingerprint density at radius 1 is 1.24 bits per heavy atom. The molecule has 4 atom stereocenters. The van der Waals surface area contributed by atoms with Gasteiger partial charge in [-0.25, -0.2) is 15.0 Å². The van der Waals surface area contributed by atoms with Crippen LogP contribution in [0, 0.1) is 0 Å². The number of nitrogens with zero attached hydrogens (tertiary/aromatic N) is 5. The summed E-state index contributed by atoms with van der Waals surface area (Å²) in [5.41, 5.74) is 1.06. The number of imidazole rings is 1. The van der Waals surface area contributed by atoms with Crippen LogP contribution in [0.5, 0.6) is 0 Å². The number of aliphatic hydroxyl groups is 3. The summed E-state index contributed by atoms with van der Waals surface area (Å²) in [5, 5.41) is 29.1. The lowest BCUT2D eigenvalue weighted by atomic mass is 10.1. The van der Waals surface area contributed by atoms with Gasteiger partial charge in [-0.3, -0.25) is 4.57 Å². The molecule has 3 heterocycles. The van der Waals surface area contributed by atoms with E-state index in [2.05, 4.69) is 15.0 Å². The van der Waals surface area contributed by atoms with E-state index in [9.17, 15) is 10.2 Å². The molecule has 0 bridgehead atoms. The van der Waals surface area contributed by atoms with Crippen molar-refractivity contribution >= 4 is 17.0 Å². The van der Waals surface area contributed by atoms with Crippen molar-refractivity contribution in [3.8, 4) is 0 Å². The van der Waals surface area contributed by atoms with Crippen molar-refractivity contribution in [3.05, 3.63) is 12.7 Å². The minimum absolute atomic E-state index is 0.376. The molecule has 1 fully saturated rings. The number of aromatic nitrogens is 4. The molecule has 1 saturated heterocycles. The Morgan fingerprint density at radius 2 is 2.00 bits per heavy atom. The molecular formula is C12H17N5O4. The van der Waals surface area contributed by atoms with E-state index in [-0.39, 0.29) is 6.61 Å². The predicted molar refractivity (Wildman–Crippen MR) is 72.7 cm³/mol. The summed E-state index contributed by atoms with van der Waals surface area (Å²) in [4.78, 5) is 14.4. The molecule has 21 heavy (non-hydrogen) atoms. The number of hydrogen-bond acceptors (Lipinski definition) is 8. The zero-order valence-corrected chi connectivity index (χ0v) is 11.7. The third-order valence-corrected chi connectivity index (χ3v) is 3.55. The Balaban J connectivity index is 2.04. The Bertz CT molecular complexity index is 646. The maximum atomic E-state index is 10.1. The minimum atomic E-state index is -1.17. The normalized spacial score (nSPS) is 29.2. The van der Waals surface area contributed by atoms with Gasteiger partial charge in [0.25, 0.3) is 0 Å². The quantitative estimate of drug-likeness (QED) is 0.626. The molecule has 0 aromatic carbocycles. The average molecular weight is 295 g/mol. The van der Waals surface area contributed by atoms with Gasteiger partial charge in [0.15, 0.2) is 23.2 Å². The number of ether oxygens (including phenoxy) is 1. The molecule has 1 aliphatic heterocycles.